The van der Waals surface area contributed by atoms with Crippen molar-refractivity contribution in [3.8, 4) is 0 Å². The van der Waals surface area contributed by atoms with Gasteiger partial charge in [0.1, 0.15) is 0 Å². The Hall–Kier alpha value is -2.06. The third-order valence-electron chi connectivity index (χ3n) is 4.38. The molecule has 8 heteroatoms. The van der Waals surface area contributed by atoms with Crippen LogP contribution in [0, 0.1) is 12.8 Å². The average molecular weight is 363 g/mol. The van der Waals surface area contributed by atoms with E-state index in [1.807, 2.05) is 13.0 Å². The van der Waals surface area contributed by atoms with Gasteiger partial charge in [-0.05, 0) is 38.3 Å². The Bertz CT molecular complexity index is 647. The second-order valence-corrected chi connectivity index (χ2v) is 7.04. The van der Waals surface area contributed by atoms with Crippen LogP contribution in [0.5, 0.6) is 0 Å². The lowest BCUT2D eigenvalue weighted by atomic mass is 9.82. The lowest BCUT2D eigenvalue weighted by molar-refractivity contribution is -0.134. The number of nitrogens with two attached hydrogens (primary N) is 1. The zero-order chi connectivity index (χ0) is 18.6. The molecular formula is C17H25N5O2S. The number of carbonyl (C=O) groups is 2. The number of thiocarbonyl (C=S) groups is 1. The summed E-state index contributed by atoms with van der Waals surface area (Å²) in [5.41, 5.74) is 7.65. The minimum Gasteiger partial charge on any atom is -0.367 e. The van der Waals surface area contributed by atoms with Gasteiger partial charge in [-0.3, -0.25) is 14.6 Å². The maximum absolute atomic E-state index is 12.2. The average Bonchev–Trinajstić information content (AvgIpc) is 2.57. The Morgan fingerprint density at radius 2 is 2.04 bits per heavy atom. The third-order valence-corrected chi connectivity index (χ3v) is 4.68. The van der Waals surface area contributed by atoms with Gasteiger partial charge in [-0.2, -0.15) is 0 Å². The van der Waals surface area contributed by atoms with Crippen LogP contribution in [0.4, 0.5) is 5.69 Å². The fourth-order valence-corrected chi connectivity index (χ4v) is 3.14. The van der Waals surface area contributed by atoms with Crippen molar-refractivity contribution in [2.75, 3.05) is 19.4 Å². The molecule has 1 aliphatic rings. The zero-order valence-corrected chi connectivity index (χ0v) is 15.6. The molecule has 2 amide bonds. The molecule has 1 saturated carbocycles. The first-order valence-corrected chi connectivity index (χ1v) is 8.70. The normalized spacial score (nSPS) is 22.8. The number of anilines is 1. The van der Waals surface area contributed by atoms with Crippen LogP contribution >= 0.6 is 12.2 Å². The summed E-state index contributed by atoms with van der Waals surface area (Å²) in [7, 11) is 3.50. The molecule has 0 aliphatic heterocycles. The number of aromatic nitrogens is 1. The fraction of sp³-hybridized carbons (Fsp3) is 0.529. The van der Waals surface area contributed by atoms with Gasteiger partial charge >= 0.3 is 0 Å². The van der Waals surface area contributed by atoms with Gasteiger partial charge in [0.15, 0.2) is 4.99 Å². The zero-order valence-electron chi connectivity index (χ0n) is 14.8. The Morgan fingerprint density at radius 1 is 1.32 bits per heavy atom. The van der Waals surface area contributed by atoms with E-state index < -0.39 is 0 Å². The van der Waals surface area contributed by atoms with Gasteiger partial charge in [0.25, 0.3) is 5.91 Å². The summed E-state index contributed by atoms with van der Waals surface area (Å²) in [6.45, 7) is 1.87. The van der Waals surface area contributed by atoms with Crippen molar-refractivity contribution in [3.05, 3.63) is 24.0 Å². The highest BCUT2D eigenvalue weighted by atomic mass is 32.1. The molecule has 25 heavy (non-hydrogen) atoms. The molecule has 1 fully saturated rings. The third kappa shape index (κ3) is 5.20. The standard InChI is InChI=1S/C17H25N5O2S/c1-10-4-6-12(9-19-10)20-15(23)16(25)21-14-7-5-11(8-13(14)18)17(24)22(2)3/h4,6,9,11,13-14H,5,7-8,18H2,1-3H3,(H,20,23)(H,21,25)/t11-,13+,14-/m0/s1. The minimum absolute atomic E-state index is 0.0657. The lowest BCUT2D eigenvalue weighted by Crippen LogP contribution is -2.54. The molecule has 1 aromatic heterocycles. The predicted molar refractivity (Wildman–Crippen MR) is 101 cm³/mol. The molecule has 0 unspecified atom stereocenters. The van der Waals surface area contributed by atoms with Crippen LogP contribution in [0.25, 0.3) is 0 Å². The maximum atomic E-state index is 12.2. The molecule has 0 radical (unpaired) electrons. The smallest absolute Gasteiger partial charge is 0.283 e. The number of amides is 2. The predicted octanol–water partition coefficient (Wildman–Crippen LogP) is 0.830. The summed E-state index contributed by atoms with van der Waals surface area (Å²) in [6, 6.07) is 3.24. The summed E-state index contributed by atoms with van der Waals surface area (Å²) >= 11 is 5.18. The SMILES string of the molecule is Cc1ccc(NC(=O)C(=S)N[C@H]2CC[C@H](C(=O)N(C)C)C[C@H]2N)cn1. The van der Waals surface area contributed by atoms with Crippen LogP contribution in [-0.2, 0) is 9.59 Å². The van der Waals surface area contributed by atoms with Gasteiger partial charge in [0.05, 0.1) is 11.9 Å². The fourth-order valence-electron chi connectivity index (χ4n) is 2.94. The number of nitrogens with zero attached hydrogens (tertiary/aromatic N) is 2. The van der Waals surface area contributed by atoms with Gasteiger partial charge in [-0.25, -0.2) is 0 Å². The molecule has 1 aliphatic carbocycles. The second kappa shape index (κ2) is 8.35. The molecule has 0 saturated heterocycles. The number of carbonyl (C=O) groups excluding carboxylic acids is 2. The molecule has 0 bridgehead atoms. The van der Waals surface area contributed by atoms with Gasteiger partial charge in [-0.15, -0.1) is 0 Å². The van der Waals surface area contributed by atoms with E-state index in [-0.39, 0.29) is 34.8 Å². The van der Waals surface area contributed by atoms with Crippen molar-refractivity contribution in [1.82, 2.24) is 15.2 Å². The number of hydrogen-bond donors (Lipinski definition) is 3. The quantitative estimate of drug-likeness (QED) is 0.688. The van der Waals surface area contributed by atoms with Crippen LogP contribution in [0.2, 0.25) is 0 Å². The molecule has 3 atom stereocenters. The monoisotopic (exact) mass is 363 g/mol. The van der Waals surface area contributed by atoms with Crippen molar-refractivity contribution < 1.29 is 9.59 Å². The van der Waals surface area contributed by atoms with Crippen molar-refractivity contribution >= 4 is 34.7 Å². The van der Waals surface area contributed by atoms with Crippen LogP contribution in [-0.4, -0.2) is 52.9 Å². The highest BCUT2D eigenvalue weighted by Crippen LogP contribution is 2.25. The first kappa shape index (κ1) is 19.3. The van der Waals surface area contributed by atoms with Crippen molar-refractivity contribution in [2.24, 2.45) is 11.7 Å². The van der Waals surface area contributed by atoms with E-state index in [2.05, 4.69) is 15.6 Å². The molecule has 4 N–H and O–H groups in total. The molecule has 1 aromatic rings. The number of hydrogen-bond acceptors (Lipinski definition) is 5. The highest BCUT2D eigenvalue weighted by molar-refractivity contribution is 7.82. The van der Waals surface area contributed by atoms with E-state index >= 15 is 0 Å². The van der Waals surface area contributed by atoms with Crippen molar-refractivity contribution in [3.63, 3.8) is 0 Å². The molecule has 136 valence electrons. The Balaban J connectivity index is 1.87. The van der Waals surface area contributed by atoms with Gasteiger partial charge in [0.2, 0.25) is 5.91 Å². The number of pyridine rings is 1. The summed E-state index contributed by atoms with van der Waals surface area (Å²) in [4.78, 5) is 30.1. The van der Waals surface area contributed by atoms with E-state index in [1.54, 1.807) is 31.3 Å². The topological polar surface area (TPSA) is 100 Å². The van der Waals surface area contributed by atoms with E-state index in [0.29, 0.717) is 18.5 Å². The van der Waals surface area contributed by atoms with Crippen LogP contribution in [0.1, 0.15) is 25.0 Å². The van der Waals surface area contributed by atoms with E-state index in [9.17, 15) is 9.59 Å². The Kier molecular flexibility index (Phi) is 6.44. The Labute approximate surface area is 153 Å². The lowest BCUT2D eigenvalue weighted by Gasteiger charge is -2.35. The first-order chi connectivity index (χ1) is 11.8. The molecular weight excluding hydrogens is 338 g/mol. The van der Waals surface area contributed by atoms with Crippen molar-refractivity contribution in [1.29, 1.82) is 0 Å². The van der Waals surface area contributed by atoms with E-state index in [0.717, 1.165) is 12.1 Å². The van der Waals surface area contributed by atoms with Crippen LogP contribution in [0.3, 0.4) is 0 Å². The number of nitrogens with one attached hydrogen (secondary N) is 2. The molecule has 0 spiro atoms. The summed E-state index contributed by atoms with van der Waals surface area (Å²) in [6.07, 6.45) is 3.60. The van der Waals surface area contributed by atoms with E-state index in [1.165, 1.54) is 0 Å². The van der Waals surface area contributed by atoms with Crippen molar-refractivity contribution in [2.45, 2.75) is 38.3 Å². The summed E-state index contributed by atoms with van der Waals surface area (Å²) in [5.74, 6) is -0.357. The molecule has 0 aromatic carbocycles. The highest BCUT2D eigenvalue weighted by Gasteiger charge is 2.33. The maximum Gasteiger partial charge on any atom is 0.283 e. The summed E-state index contributed by atoms with van der Waals surface area (Å²) in [5, 5.41) is 5.75. The van der Waals surface area contributed by atoms with Crippen LogP contribution in [0.15, 0.2) is 18.3 Å². The second-order valence-electron chi connectivity index (χ2n) is 6.63. The molecule has 7 nitrogen and oxygen atoms in total. The van der Waals surface area contributed by atoms with E-state index in [4.69, 9.17) is 18.0 Å². The largest absolute Gasteiger partial charge is 0.367 e. The first-order valence-electron chi connectivity index (χ1n) is 8.29. The molecule has 2 rings (SSSR count). The summed E-state index contributed by atoms with van der Waals surface area (Å²) < 4.78 is 0. The van der Waals surface area contributed by atoms with Gasteiger partial charge in [-0.1, -0.05) is 12.2 Å². The van der Waals surface area contributed by atoms with Crippen LogP contribution < -0.4 is 16.4 Å². The Morgan fingerprint density at radius 3 is 2.60 bits per heavy atom. The van der Waals surface area contributed by atoms with Gasteiger partial charge < -0.3 is 21.3 Å². The minimum atomic E-state index is -0.389. The van der Waals surface area contributed by atoms with Gasteiger partial charge in [0, 0.05) is 37.8 Å². The molecule has 1 heterocycles. The number of aryl methyl sites for hydroxylation is 1. The number of rotatable bonds is 3.